The minimum absolute atomic E-state index is 0.731. The van der Waals surface area contributed by atoms with Gasteiger partial charge in [-0.25, -0.2) is 0 Å². The number of halogens is 1. The van der Waals surface area contributed by atoms with E-state index in [-0.39, 0.29) is 0 Å². The lowest BCUT2D eigenvalue weighted by Gasteiger charge is -2.09. The molecule has 0 atom stereocenters. The van der Waals surface area contributed by atoms with Crippen molar-refractivity contribution < 1.29 is 4.74 Å². The first-order valence-electron chi connectivity index (χ1n) is 5.68. The first kappa shape index (κ1) is 12.9. The van der Waals surface area contributed by atoms with Crippen molar-refractivity contribution in [1.82, 2.24) is 10.3 Å². The Hall–Kier alpha value is -1.58. The molecule has 0 bridgehead atoms. The van der Waals surface area contributed by atoms with Gasteiger partial charge in [0.05, 0.1) is 7.11 Å². The van der Waals surface area contributed by atoms with Gasteiger partial charge in [0.2, 0.25) is 0 Å². The largest absolute Gasteiger partial charge is 0.494 e. The van der Waals surface area contributed by atoms with E-state index < -0.39 is 0 Å². The molecule has 0 aliphatic carbocycles. The van der Waals surface area contributed by atoms with Crippen LogP contribution in [0.5, 0.6) is 5.75 Å². The Morgan fingerprint density at radius 3 is 2.83 bits per heavy atom. The quantitative estimate of drug-likeness (QED) is 0.919. The molecule has 1 N–H and O–H groups in total. The second kappa shape index (κ2) is 5.85. The van der Waals surface area contributed by atoms with E-state index in [0.29, 0.717) is 0 Å². The maximum atomic E-state index is 6.24. The summed E-state index contributed by atoms with van der Waals surface area (Å²) in [5, 5.41) is 3.81. The van der Waals surface area contributed by atoms with Crippen LogP contribution in [-0.2, 0) is 6.54 Å². The van der Waals surface area contributed by atoms with Gasteiger partial charge in [-0.1, -0.05) is 23.7 Å². The highest BCUT2D eigenvalue weighted by molar-refractivity contribution is 6.31. The lowest BCUT2D eigenvalue weighted by Crippen LogP contribution is -2.05. The summed E-state index contributed by atoms with van der Waals surface area (Å²) < 4.78 is 5.30. The van der Waals surface area contributed by atoms with E-state index in [4.69, 9.17) is 16.3 Å². The van der Waals surface area contributed by atoms with Crippen molar-refractivity contribution in [2.24, 2.45) is 0 Å². The predicted molar refractivity (Wildman–Crippen MR) is 74.0 cm³/mol. The molecule has 1 heterocycles. The molecule has 18 heavy (non-hydrogen) atoms. The van der Waals surface area contributed by atoms with E-state index in [1.165, 1.54) is 0 Å². The van der Waals surface area contributed by atoms with Gasteiger partial charge in [-0.2, -0.15) is 0 Å². The highest BCUT2D eigenvalue weighted by Crippen LogP contribution is 2.30. The Labute approximate surface area is 112 Å². The molecule has 3 nitrogen and oxygen atoms in total. The van der Waals surface area contributed by atoms with E-state index in [1.807, 2.05) is 37.4 Å². The molecular weight excluding hydrogens is 248 g/mol. The molecule has 0 aliphatic rings. The number of benzene rings is 1. The molecule has 0 fully saturated rings. The van der Waals surface area contributed by atoms with Gasteiger partial charge in [0, 0.05) is 23.3 Å². The lowest BCUT2D eigenvalue weighted by molar-refractivity contribution is 0.415. The van der Waals surface area contributed by atoms with Crippen LogP contribution in [0, 0.1) is 0 Å². The van der Waals surface area contributed by atoms with Gasteiger partial charge in [0.1, 0.15) is 11.4 Å². The van der Waals surface area contributed by atoms with Crippen LogP contribution in [0.3, 0.4) is 0 Å². The minimum Gasteiger partial charge on any atom is -0.494 e. The van der Waals surface area contributed by atoms with Gasteiger partial charge in [-0.05, 0) is 30.8 Å². The van der Waals surface area contributed by atoms with Crippen molar-refractivity contribution >= 4 is 11.6 Å². The number of aromatic nitrogens is 1. The fourth-order valence-corrected chi connectivity index (χ4v) is 2.05. The van der Waals surface area contributed by atoms with Gasteiger partial charge in [0.25, 0.3) is 0 Å². The molecule has 1 aromatic heterocycles. The minimum atomic E-state index is 0.731. The van der Waals surface area contributed by atoms with Crippen molar-refractivity contribution in [3.63, 3.8) is 0 Å². The molecule has 2 rings (SSSR count). The molecule has 0 aliphatic heterocycles. The average Bonchev–Trinajstić information content (AvgIpc) is 2.41. The van der Waals surface area contributed by atoms with Gasteiger partial charge in [-0.15, -0.1) is 0 Å². The van der Waals surface area contributed by atoms with E-state index in [9.17, 15) is 0 Å². The number of hydrogen-bond acceptors (Lipinski definition) is 3. The monoisotopic (exact) mass is 262 g/mol. The van der Waals surface area contributed by atoms with Crippen LogP contribution in [0.4, 0.5) is 0 Å². The summed E-state index contributed by atoms with van der Waals surface area (Å²) in [7, 11) is 3.53. The Morgan fingerprint density at radius 2 is 2.17 bits per heavy atom. The SMILES string of the molecule is CNCc1ccc(-c2ncccc2OC)cc1Cl. The summed E-state index contributed by atoms with van der Waals surface area (Å²) in [6.45, 7) is 0.748. The average molecular weight is 263 g/mol. The Balaban J connectivity index is 2.42. The Morgan fingerprint density at radius 1 is 1.33 bits per heavy atom. The molecule has 0 radical (unpaired) electrons. The second-order valence-electron chi connectivity index (χ2n) is 3.89. The van der Waals surface area contributed by atoms with Gasteiger partial charge < -0.3 is 10.1 Å². The molecule has 0 saturated carbocycles. The van der Waals surface area contributed by atoms with Crippen LogP contribution < -0.4 is 10.1 Å². The summed E-state index contributed by atoms with van der Waals surface area (Å²) in [5.41, 5.74) is 2.83. The summed E-state index contributed by atoms with van der Waals surface area (Å²) in [6, 6.07) is 9.65. The van der Waals surface area contributed by atoms with Crippen molar-refractivity contribution in [3.05, 3.63) is 47.1 Å². The lowest BCUT2D eigenvalue weighted by atomic mass is 10.1. The van der Waals surface area contributed by atoms with Gasteiger partial charge in [0.15, 0.2) is 0 Å². The number of methoxy groups -OCH3 is 1. The first-order chi connectivity index (χ1) is 8.76. The molecular formula is C14H15ClN2O. The molecule has 0 unspecified atom stereocenters. The summed E-state index contributed by atoms with van der Waals surface area (Å²) >= 11 is 6.24. The Kier molecular flexibility index (Phi) is 4.18. The van der Waals surface area contributed by atoms with Crippen LogP contribution in [0.2, 0.25) is 5.02 Å². The van der Waals surface area contributed by atoms with E-state index in [1.54, 1.807) is 13.3 Å². The normalized spacial score (nSPS) is 10.4. The fraction of sp³-hybridized carbons (Fsp3) is 0.214. The number of ether oxygens (including phenoxy) is 1. The third-order valence-electron chi connectivity index (χ3n) is 2.68. The van der Waals surface area contributed by atoms with E-state index >= 15 is 0 Å². The number of pyridine rings is 1. The van der Waals surface area contributed by atoms with Crippen LogP contribution in [0.25, 0.3) is 11.3 Å². The zero-order valence-electron chi connectivity index (χ0n) is 10.4. The van der Waals surface area contributed by atoms with Crippen molar-refractivity contribution in [2.75, 3.05) is 14.2 Å². The van der Waals surface area contributed by atoms with Crippen molar-refractivity contribution in [3.8, 4) is 17.0 Å². The molecule has 0 spiro atoms. The van der Waals surface area contributed by atoms with E-state index in [0.717, 1.165) is 34.1 Å². The smallest absolute Gasteiger partial charge is 0.145 e. The van der Waals surface area contributed by atoms with Crippen molar-refractivity contribution in [2.45, 2.75) is 6.54 Å². The maximum absolute atomic E-state index is 6.24. The summed E-state index contributed by atoms with van der Waals surface area (Å²) in [5.74, 6) is 0.745. The molecule has 4 heteroatoms. The van der Waals surface area contributed by atoms with Gasteiger partial charge in [-0.3, -0.25) is 4.98 Å². The summed E-state index contributed by atoms with van der Waals surface area (Å²) in [4.78, 5) is 4.34. The van der Waals surface area contributed by atoms with Crippen LogP contribution in [0.15, 0.2) is 36.5 Å². The number of nitrogens with one attached hydrogen (secondary N) is 1. The highest BCUT2D eigenvalue weighted by atomic mass is 35.5. The molecule has 0 amide bonds. The fourth-order valence-electron chi connectivity index (χ4n) is 1.80. The van der Waals surface area contributed by atoms with Gasteiger partial charge >= 0.3 is 0 Å². The zero-order chi connectivity index (χ0) is 13.0. The third kappa shape index (κ3) is 2.63. The Bertz CT molecular complexity index is 543. The highest BCUT2D eigenvalue weighted by Gasteiger charge is 2.08. The standard InChI is InChI=1S/C14H15ClN2O/c1-16-9-11-6-5-10(8-12(11)15)14-13(18-2)4-3-7-17-14/h3-8,16H,9H2,1-2H3. The maximum Gasteiger partial charge on any atom is 0.145 e. The first-order valence-corrected chi connectivity index (χ1v) is 6.06. The molecule has 1 aromatic carbocycles. The van der Waals surface area contributed by atoms with Crippen LogP contribution in [0.1, 0.15) is 5.56 Å². The van der Waals surface area contributed by atoms with Crippen LogP contribution in [-0.4, -0.2) is 19.1 Å². The molecule has 2 aromatic rings. The predicted octanol–water partition coefficient (Wildman–Crippen LogP) is 3.13. The number of rotatable bonds is 4. The molecule has 94 valence electrons. The number of nitrogens with zero attached hydrogens (tertiary/aromatic N) is 1. The van der Waals surface area contributed by atoms with E-state index in [2.05, 4.69) is 10.3 Å². The third-order valence-corrected chi connectivity index (χ3v) is 3.04. The molecule has 0 saturated heterocycles. The van der Waals surface area contributed by atoms with Crippen molar-refractivity contribution in [1.29, 1.82) is 0 Å². The zero-order valence-corrected chi connectivity index (χ0v) is 11.2. The topological polar surface area (TPSA) is 34.2 Å². The van der Waals surface area contributed by atoms with Crippen LogP contribution >= 0.6 is 11.6 Å². The summed E-state index contributed by atoms with van der Waals surface area (Å²) in [6.07, 6.45) is 1.74. The number of hydrogen-bond donors (Lipinski definition) is 1. The second-order valence-corrected chi connectivity index (χ2v) is 4.30.